The maximum atomic E-state index is 12.7. The minimum atomic E-state index is -3.79. The van der Waals surface area contributed by atoms with Crippen molar-refractivity contribution in [2.75, 3.05) is 0 Å². The number of aliphatic hydroxyl groups is 1. The van der Waals surface area contributed by atoms with Gasteiger partial charge in [0, 0.05) is 30.4 Å². The molecule has 1 aliphatic carbocycles. The lowest BCUT2D eigenvalue weighted by molar-refractivity contribution is 0.159. The Kier molecular flexibility index (Phi) is 5.35. The van der Waals surface area contributed by atoms with Crippen molar-refractivity contribution in [3.63, 3.8) is 0 Å². The van der Waals surface area contributed by atoms with Crippen LogP contribution in [0.3, 0.4) is 0 Å². The molecule has 0 bridgehead atoms. The van der Waals surface area contributed by atoms with Crippen LogP contribution in [0.5, 0.6) is 0 Å². The predicted molar refractivity (Wildman–Crippen MR) is 107 cm³/mol. The summed E-state index contributed by atoms with van der Waals surface area (Å²) < 4.78 is 28.8. The largest absolute Gasteiger partial charge is 0.391 e. The van der Waals surface area contributed by atoms with Gasteiger partial charge < -0.3 is 5.11 Å². The highest BCUT2D eigenvalue weighted by molar-refractivity contribution is 7.89. The van der Waals surface area contributed by atoms with Crippen LogP contribution in [-0.4, -0.2) is 40.4 Å². The van der Waals surface area contributed by atoms with E-state index in [1.165, 1.54) is 23.0 Å². The van der Waals surface area contributed by atoms with Crippen LogP contribution >= 0.6 is 0 Å². The Labute approximate surface area is 168 Å². The first-order chi connectivity index (χ1) is 13.9. The van der Waals surface area contributed by atoms with Crippen molar-refractivity contribution in [2.45, 2.75) is 42.7 Å². The smallest absolute Gasteiger partial charge is 0.276 e. The van der Waals surface area contributed by atoms with Gasteiger partial charge in [-0.3, -0.25) is 9.89 Å². The van der Waals surface area contributed by atoms with Gasteiger partial charge >= 0.3 is 0 Å². The summed E-state index contributed by atoms with van der Waals surface area (Å²) in [5.74, 6) is 0.300. The molecule has 0 spiro atoms. The van der Waals surface area contributed by atoms with E-state index in [4.69, 9.17) is 0 Å². The topological polar surface area (TPSA) is 117 Å². The molecule has 2 aromatic heterocycles. The molecule has 4 rings (SSSR count). The van der Waals surface area contributed by atoms with Gasteiger partial charge in [-0.15, -0.1) is 0 Å². The van der Waals surface area contributed by atoms with Crippen LogP contribution < -0.4 is 10.3 Å². The van der Waals surface area contributed by atoms with Gasteiger partial charge in [-0.25, -0.2) is 22.8 Å². The van der Waals surface area contributed by atoms with Gasteiger partial charge in [0.05, 0.1) is 6.10 Å². The van der Waals surface area contributed by atoms with Crippen LogP contribution in [0.1, 0.15) is 30.4 Å². The van der Waals surface area contributed by atoms with Crippen molar-refractivity contribution < 1.29 is 13.5 Å². The third kappa shape index (κ3) is 4.16. The molecule has 2 heterocycles. The Morgan fingerprint density at radius 3 is 2.62 bits per heavy atom. The summed E-state index contributed by atoms with van der Waals surface area (Å²) in [6.45, 7) is 0. The Morgan fingerprint density at radius 2 is 1.97 bits per heavy atom. The summed E-state index contributed by atoms with van der Waals surface area (Å²) in [7, 11) is -3.79. The van der Waals surface area contributed by atoms with Crippen LogP contribution in [0, 0.1) is 0 Å². The third-order valence-corrected chi connectivity index (χ3v) is 6.60. The maximum Gasteiger partial charge on any atom is 0.276 e. The molecule has 0 radical (unpaired) electrons. The van der Waals surface area contributed by atoms with Crippen molar-refractivity contribution in [1.29, 1.82) is 0 Å². The molecule has 1 aromatic carbocycles. The highest BCUT2D eigenvalue weighted by Gasteiger charge is 2.30. The van der Waals surface area contributed by atoms with Gasteiger partial charge in [0.1, 0.15) is 4.90 Å². The van der Waals surface area contributed by atoms with E-state index < -0.39 is 22.2 Å². The van der Waals surface area contributed by atoms with Gasteiger partial charge in [0.15, 0.2) is 5.82 Å². The van der Waals surface area contributed by atoms with Crippen LogP contribution in [0.15, 0.2) is 64.5 Å². The molecule has 9 heteroatoms. The van der Waals surface area contributed by atoms with E-state index in [0.29, 0.717) is 30.6 Å². The number of benzene rings is 1. The number of aliphatic hydroxyl groups excluding tert-OH is 1. The minimum Gasteiger partial charge on any atom is -0.391 e. The second-order valence-corrected chi connectivity index (χ2v) is 8.89. The summed E-state index contributed by atoms with van der Waals surface area (Å²) in [5, 5.41) is 12.7. The van der Waals surface area contributed by atoms with E-state index in [1.54, 1.807) is 6.20 Å². The number of hydrogen-bond acceptors (Lipinski definition) is 5. The zero-order chi connectivity index (χ0) is 20.4. The maximum absolute atomic E-state index is 12.7. The van der Waals surface area contributed by atoms with Gasteiger partial charge in [0.2, 0.25) is 10.0 Å². The molecule has 1 aliphatic rings. The lowest BCUT2D eigenvalue weighted by Gasteiger charge is -2.16. The number of aromatic nitrogens is 3. The van der Waals surface area contributed by atoms with Crippen LogP contribution in [0.2, 0.25) is 0 Å². The van der Waals surface area contributed by atoms with Crippen molar-refractivity contribution in [2.24, 2.45) is 0 Å². The van der Waals surface area contributed by atoms with E-state index in [1.807, 2.05) is 30.3 Å². The summed E-state index contributed by atoms with van der Waals surface area (Å²) >= 11 is 0. The van der Waals surface area contributed by atoms with Crippen molar-refractivity contribution >= 4 is 10.0 Å². The second-order valence-electron chi connectivity index (χ2n) is 7.18. The molecule has 152 valence electrons. The number of aromatic amines is 1. The molecule has 29 heavy (non-hydrogen) atoms. The number of rotatable bonds is 6. The monoisotopic (exact) mass is 414 g/mol. The van der Waals surface area contributed by atoms with Gasteiger partial charge in [-0.1, -0.05) is 30.3 Å². The van der Waals surface area contributed by atoms with Gasteiger partial charge in [-0.05, 0) is 37.0 Å². The van der Waals surface area contributed by atoms with Gasteiger partial charge in [-0.2, -0.15) is 0 Å². The second kappa shape index (κ2) is 7.94. The average molecular weight is 414 g/mol. The number of sulfonamides is 1. The Balaban J connectivity index is 1.53. The molecule has 1 saturated carbocycles. The fraction of sp³-hybridized carbons (Fsp3) is 0.300. The first kappa shape index (κ1) is 19.6. The summed E-state index contributed by atoms with van der Waals surface area (Å²) in [4.78, 5) is 16.8. The summed E-state index contributed by atoms with van der Waals surface area (Å²) in [5.41, 5.74) is 1.38. The standard InChI is InChI=1S/C20H22N4O4S/c25-18-8-4-7-17(18)23-29(27,28)16-9-10-19(21-13-16)24-20(26)15(12-22-24)11-14-5-2-1-3-6-14/h1-3,5-6,9-10,12-13,17-18,22-23,25H,4,7-8,11H2. The minimum absolute atomic E-state index is 0.00976. The Hall–Kier alpha value is -2.75. The lowest BCUT2D eigenvalue weighted by atomic mass is 10.1. The van der Waals surface area contributed by atoms with Crippen LogP contribution in [-0.2, 0) is 16.4 Å². The number of nitrogens with zero attached hydrogens (tertiary/aromatic N) is 2. The lowest BCUT2D eigenvalue weighted by Crippen LogP contribution is -2.39. The quantitative estimate of drug-likeness (QED) is 0.563. The van der Waals surface area contributed by atoms with Crippen LogP contribution in [0.25, 0.3) is 5.82 Å². The molecule has 2 atom stereocenters. The molecule has 3 N–H and O–H groups in total. The van der Waals surface area contributed by atoms with Crippen molar-refractivity contribution in [3.05, 3.63) is 76.3 Å². The molecule has 2 unspecified atom stereocenters. The number of H-pyrrole nitrogens is 1. The van der Waals surface area contributed by atoms with E-state index in [9.17, 15) is 18.3 Å². The molecular weight excluding hydrogens is 392 g/mol. The SMILES string of the molecule is O=c1c(Cc2ccccc2)c[nH]n1-c1ccc(S(=O)(=O)NC2CCCC2O)cn1. The number of nitrogens with one attached hydrogen (secondary N) is 2. The Morgan fingerprint density at radius 1 is 1.17 bits per heavy atom. The first-order valence-corrected chi connectivity index (χ1v) is 10.9. The zero-order valence-corrected chi connectivity index (χ0v) is 16.5. The van der Waals surface area contributed by atoms with Crippen molar-refractivity contribution in [1.82, 2.24) is 19.5 Å². The third-order valence-electron chi connectivity index (χ3n) is 5.13. The van der Waals surface area contributed by atoms with Gasteiger partial charge in [0.25, 0.3) is 5.56 Å². The highest BCUT2D eigenvalue weighted by atomic mass is 32.2. The van der Waals surface area contributed by atoms with E-state index >= 15 is 0 Å². The predicted octanol–water partition coefficient (Wildman–Crippen LogP) is 1.34. The summed E-state index contributed by atoms with van der Waals surface area (Å²) in [6.07, 6.45) is 4.64. The Bertz CT molecular complexity index is 1140. The zero-order valence-electron chi connectivity index (χ0n) is 15.7. The summed E-state index contributed by atoms with van der Waals surface area (Å²) in [6, 6.07) is 12.0. The molecule has 3 aromatic rings. The number of pyridine rings is 1. The average Bonchev–Trinajstić information content (AvgIpc) is 3.28. The van der Waals surface area contributed by atoms with E-state index in [2.05, 4.69) is 14.8 Å². The fourth-order valence-electron chi connectivity index (χ4n) is 3.53. The highest BCUT2D eigenvalue weighted by Crippen LogP contribution is 2.21. The fourth-order valence-corrected chi connectivity index (χ4v) is 4.78. The number of hydrogen-bond donors (Lipinski definition) is 3. The van der Waals surface area contributed by atoms with E-state index in [0.717, 1.165) is 12.0 Å². The molecule has 1 fully saturated rings. The first-order valence-electron chi connectivity index (χ1n) is 9.44. The molecule has 0 aliphatic heterocycles. The van der Waals surface area contributed by atoms with Crippen LogP contribution in [0.4, 0.5) is 0 Å². The molecule has 0 amide bonds. The molecule has 8 nitrogen and oxygen atoms in total. The molecule has 0 saturated heterocycles. The molecular formula is C20H22N4O4S. The van der Waals surface area contributed by atoms with Crippen molar-refractivity contribution in [3.8, 4) is 5.82 Å². The van der Waals surface area contributed by atoms with E-state index in [-0.39, 0.29) is 10.5 Å². The normalized spacial score (nSPS) is 19.5.